The number of hydrogen-bond donors (Lipinski definition) is 1. The van der Waals surface area contributed by atoms with E-state index in [1.165, 1.54) is 20.3 Å². The number of carbonyl (C=O) groups is 1. The molecule has 0 fully saturated rings. The number of ether oxygens (including phenoxy) is 3. The quantitative estimate of drug-likeness (QED) is 0.879. The van der Waals surface area contributed by atoms with Crippen molar-refractivity contribution in [3.8, 4) is 17.5 Å². The first-order valence-electron chi connectivity index (χ1n) is 6.18. The largest absolute Gasteiger partial charge is 0.496 e. The van der Waals surface area contributed by atoms with Gasteiger partial charge in [-0.15, -0.1) is 0 Å². The van der Waals surface area contributed by atoms with Crippen LogP contribution in [0.1, 0.15) is 11.7 Å². The van der Waals surface area contributed by atoms with Gasteiger partial charge in [0.05, 0.1) is 14.2 Å². The minimum Gasteiger partial charge on any atom is -0.496 e. The van der Waals surface area contributed by atoms with Crippen LogP contribution in [0.25, 0.3) is 0 Å². The van der Waals surface area contributed by atoms with E-state index in [1.54, 1.807) is 36.4 Å². The summed E-state index contributed by atoms with van der Waals surface area (Å²) in [6.45, 7) is 0. The normalized spacial score (nSPS) is 11.5. The zero-order valence-electron chi connectivity index (χ0n) is 11.6. The maximum absolute atomic E-state index is 11.4. The van der Waals surface area contributed by atoms with Gasteiger partial charge in [0, 0.05) is 17.7 Å². The number of pyridine rings is 1. The van der Waals surface area contributed by atoms with Crippen LogP contribution in [-0.2, 0) is 4.79 Å². The van der Waals surface area contributed by atoms with Gasteiger partial charge in [0.15, 0.2) is 0 Å². The summed E-state index contributed by atoms with van der Waals surface area (Å²) in [7, 11) is 2.95. The Bertz CT molecular complexity index is 592. The second kappa shape index (κ2) is 6.60. The molecular weight excluding hydrogens is 274 g/mol. The van der Waals surface area contributed by atoms with Gasteiger partial charge in [0.2, 0.25) is 17.9 Å². The monoisotopic (exact) mass is 289 g/mol. The highest BCUT2D eigenvalue weighted by Crippen LogP contribution is 2.27. The lowest BCUT2D eigenvalue weighted by atomic mass is 10.1. The Balaban J connectivity index is 2.31. The Morgan fingerprint density at radius 3 is 2.33 bits per heavy atom. The Kier molecular flexibility index (Phi) is 4.61. The smallest absolute Gasteiger partial charge is 0.349 e. The molecule has 0 bridgehead atoms. The molecule has 6 nitrogen and oxygen atoms in total. The van der Waals surface area contributed by atoms with Crippen molar-refractivity contribution in [2.75, 3.05) is 14.2 Å². The maximum atomic E-state index is 11.4. The Labute approximate surface area is 121 Å². The topological polar surface area (TPSA) is 77.9 Å². The number of hydrogen-bond acceptors (Lipinski definition) is 5. The molecule has 2 aromatic rings. The molecule has 2 rings (SSSR count). The van der Waals surface area contributed by atoms with E-state index in [1.807, 2.05) is 0 Å². The first kappa shape index (κ1) is 14.6. The highest BCUT2D eigenvalue weighted by Gasteiger charge is 2.22. The van der Waals surface area contributed by atoms with Gasteiger partial charge < -0.3 is 19.3 Å². The van der Waals surface area contributed by atoms with Crippen LogP contribution in [0.4, 0.5) is 0 Å². The fourth-order valence-electron chi connectivity index (χ4n) is 1.75. The van der Waals surface area contributed by atoms with Gasteiger partial charge in [0.1, 0.15) is 5.75 Å². The highest BCUT2D eigenvalue weighted by atomic mass is 16.5. The van der Waals surface area contributed by atoms with Crippen molar-refractivity contribution in [3.05, 3.63) is 48.0 Å². The minimum atomic E-state index is -1.16. The molecule has 0 amide bonds. The Hall–Kier alpha value is -2.76. The molecule has 1 aromatic carbocycles. The molecule has 21 heavy (non-hydrogen) atoms. The van der Waals surface area contributed by atoms with Crippen molar-refractivity contribution in [1.82, 2.24) is 4.98 Å². The second-order valence-corrected chi connectivity index (χ2v) is 4.13. The molecule has 0 radical (unpaired) electrons. The predicted octanol–water partition coefficient (Wildman–Crippen LogP) is 2.30. The van der Waals surface area contributed by atoms with Gasteiger partial charge in [-0.1, -0.05) is 30.3 Å². The van der Waals surface area contributed by atoms with Crippen molar-refractivity contribution < 1.29 is 24.1 Å². The number of carboxylic acid groups (broad SMARTS) is 1. The van der Waals surface area contributed by atoms with Crippen LogP contribution >= 0.6 is 0 Å². The Morgan fingerprint density at radius 1 is 1.10 bits per heavy atom. The average molecular weight is 289 g/mol. The van der Waals surface area contributed by atoms with Crippen LogP contribution in [0.2, 0.25) is 0 Å². The molecule has 1 heterocycles. The fourth-order valence-corrected chi connectivity index (χ4v) is 1.75. The maximum Gasteiger partial charge on any atom is 0.349 e. The zero-order chi connectivity index (χ0) is 15.2. The molecule has 0 spiro atoms. The number of nitrogens with zero attached hydrogens (tertiary/aromatic N) is 1. The van der Waals surface area contributed by atoms with Crippen molar-refractivity contribution in [3.63, 3.8) is 0 Å². The zero-order valence-corrected chi connectivity index (χ0v) is 11.6. The number of methoxy groups -OCH3 is 2. The standard InChI is InChI=1S/C15H15NO5/c1-19-11-8-12(20-2)16-13(9-11)21-14(15(17)18)10-6-4-3-5-7-10/h3-9,14H,1-2H3,(H,17,18). The molecule has 110 valence electrons. The summed E-state index contributed by atoms with van der Waals surface area (Å²) in [5, 5.41) is 9.33. The predicted molar refractivity (Wildman–Crippen MR) is 74.8 cm³/mol. The lowest BCUT2D eigenvalue weighted by Crippen LogP contribution is -2.18. The molecule has 1 atom stereocenters. The van der Waals surface area contributed by atoms with E-state index in [0.717, 1.165) is 0 Å². The third-order valence-electron chi connectivity index (χ3n) is 2.76. The highest BCUT2D eigenvalue weighted by molar-refractivity contribution is 5.74. The van der Waals surface area contributed by atoms with Crippen LogP contribution in [0.3, 0.4) is 0 Å². The van der Waals surface area contributed by atoms with E-state index in [-0.39, 0.29) is 11.8 Å². The summed E-state index contributed by atoms with van der Waals surface area (Å²) in [6, 6.07) is 11.7. The van der Waals surface area contributed by atoms with E-state index in [9.17, 15) is 9.90 Å². The van der Waals surface area contributed by atoms with Crippen molar-refractivity contribution in [1.29, 1.82) is 0 Å². The summed E-state index contributed by atoms with van der Waals surface area (Å²) < 4.78 is 15.6. The second-order valence-electron chi connectivity index (χ2n) is 4.13. The van der Waals surface area contributed by atoms with E-state index in [4.69, 9.17) is 14.2 Å². The number of benzene rings is 1. The SMILES string of the molecule is COc1cc(OC)nc(OC(C(=O)O)c2ccccc2)c1. The van der Waals surface area contributed by atoms with Crippen molar-refractivity contribution in [2.45, 2.75) is 6.10 Å². The van der Waals surface area contributed by atoms with E-state index in [0.29, 0.717) is 11.3 Å². The Morgan fingerprint density at radius 2 is 1.76 bits per heavy atom. The lowest BCUT2D eigenvalue weighted by molar-refractivity contribution is -0.145. The molecule has 1 N–H and O–H groups in total. The van der Waals surface area contributed by atoms with Gasteiger partial charge in [-0.25, -0.2) is 4.79 Å². The average Bonchev–Trinajstić information content (AvgIpc) is 2.52. The molecule has 0 saturated carbocycles. The van der Waals surface area contributed by atoms with Crippen LogP contribution in [0.5, 0.6) is 17.5 Å². The summed E-state index contributed by atoms with van der Waals surface area (Å²) >= 11 is 0. The van der Waals surface area contributed by atoms with Gasteiger partial charge in [-0.2, -0.15) is 4.98 Å². The summed E-state index contributed by atoms with van der Waals surface area (Å²) in [5.41, 5.74) is 0.522. The van der Waals surface area contributed by atoms with Crippen LogP contribution in [0, 0.1) is 0 Å². The minimum absolute atomic E-state index is 0.113. The number of carboxylic acids is 1. The van der Waals surface area contributed by atoms with Crippen molar-refractivity contribution >= 4 is 5.97 Å². The summed E-state index contributed by atoms with van der Waals surface area (Å²) in [6.07, 6.45) is -1.16. The van der Waals surface area contributed by atoms with Gasteiger partial charge in [-0.05, 0) is 0 Å². The molecule has 0 aliphatic rings. The van der Waals surface area contributed by atoms with E-state index < -0.39 is 12.1 Å². The molecule has 1 aromatic heterocycles. The molecule has 6 heteroatoms. The van der Waals surface area contributed by atoms with Crippen LogP contribution < -0.4 is 14.2 Å². The fraction of sp³-hybridized carbons (Fsp3) is 0.200. The van der Waals surface area contributed by atoms with Crippen LogP contribution in [0.15, 0.2) is 42.5 Å². The lowest BCUT2D eigenvalue weighted by Gasteiger charge is -2.15. The molecule has 1 unspecified atom stereocenters. The van der Waals surface area contributed by atoms with Gasteiger partial charge in [0.25, 0.3) is 0 Å². The molecular formula is C15H15NO5. The van der Waals surface area contributed by atoms with E-state index in [2.05, 4.69) is 4.98 Å². The third-order valence-corrected chi connectivity index (χ3v) is 2.76. The van der Waals surface area contributed by atoms with Crippen molar-refractivity contribution in [2.24, 2.45) is 0 Å². The van der Waals surface area contributed by atoms with E-state index >= 15 is 0 Å². The molecule has 0 aliphatic heterocycles. The summed E-state index contributed by atoms with van der Waals surface area (Å²) in [4.78, 5) is 15.5. The molecule has 0 saturated heterocycles. The van der Waals surface area contributed by atoms with Gasteiger partial charge >= 0.3 is 5.97 Å². The number of aliphatic carboxylic acids is 1. The number of rotatable bonds is 6. The van der Waals surface area contributed by atoms with Crippen LogP contribution in [-0.4, -0.2) is 30.3 Å². The van der Waals surface area contributed by atoms with Gasteiger partial charge in [-0.3, -0.25) is 0 Å². The third kappa shape index (κ3) is 3.62. The summed E-state index contributed by atoms with van der Waals surface area (Å²) in [5.74, 6) is -0.247. The first-order chi connectivity index (χ1) is 10.1. The number of aromatic nitrogens is 1. The first-order valence-corrected chi connectivity index (χ1v) is 6.18. The molecule has 0 aliphatic carbocycles.